The number of carbonyl (C=O) groups excluding carboxylic acids is 1. The number of hydrogen-bond acceptors (Lipinski definition) is 10. The third-order valence-electron chi connectivity index (χ3n) is 4.68. The second-order valence-electron chi connectivity index (χ2n) is 7.35. The van der Waals surface area contributed by atoms with Gasteiger partial charge >= 0.3 is 8.18 Å². The summed E-state index contributed by atoms with van der Waals surface area (Å²) in [6, 6.07) is -0.685. The highest BCUT2D eigenvalue weighted by atomic mass is 31.1. The van der Waals surface area contributed by atoms with Crippen LogP contribution in [0.4, 0.5) is 16.2 Å². The van der Waals surface area contributed by atoms with E-state index in [9.17, 15) is 14.5 Å². The third kappa shape index (κ3) is 4.12. The number of halogens is 1. The zero-order valence-corrected chi connectivity index (χ0v) is 17.8. The molecule has 6 atom stereocenters. The summed E-state index contributed by atoms with van der Waals surface area (Å²) in [7, 11) is 1.10. The molecule has 0 aromatic carbocycles. The average molecular weight is 444 g/mol. The highest BCUT2D eigenvalue weighted by Crippen LogP contribution is 2.43. The number of nitrogen functional groups attached to an aromatic ring is 1. The van der Waals surface area contributed by atoms with Crippen LogP contribution in [0.25, 0.3) is 11.2 Å². The van der Waals surface area contributed by atoms with Crippen LogP contribution in [0.1, 0.15) is 20.1 Å². The molecular formula is C16H24FN7O5P+. The zero-order valence-electron chi connectivity index (χ0n) is 16.9. The van der Waals surface area contributed by atoms with E-state index in [2.05, 4.69) is 20.0 Å². The predicted octanol–water partition coefficient (Wildman–Crippen LogP) is 0.312. The highest BCUT2D eigenvalue weighted by molar-refractivity contribution is 7.36. The van der Waals surface area contributed by atoms with Gasteiger partial charge in [-0.1, -0.05) is 5.09 Å². The molecule has 0 aliphatic carbocycles. The number of alkyl halides is 1. The average Bonchev–Trinajstić information content (AvgIpc) is 3.18. The molecule has 3 heterocycles. The molecule has 2 aromatic heterocycles. The number of nitrogens with zero attached hydrogens (tertiary/aromatic N) is 5. The lowest BCUT2D eigenvalue weighted by molar-refractivity contribution is -0.108. The second-order valence-corrected chi connectivity index (χ2v) is 8.38. The summed E-state index contributed by atoms with van der Waals surface area (Å²) in [5, 5.41) is 12.9. The molecule has 1 saturated heterocycles. The molecule has 0 bridgehead atoms. The topological polar surface area (TPSA) is 158 Å². The molecule has 1 aliphatic heterocycles. The van der Waals surface area contributed by atoms with Gasteiger partial charge in [0, 0.05) is 14.1 Å². The number of nitrogens with two attached hydrogens (primary N) is 1. The summed E-state index contributed by atoms with van der Waals surface area (Å²) in [4.78, 5) is 24.8. The van der Waals surface area contributed by atoms with Crippen LogP contribution in [0.2, 0.25) is 0 Å². The van der Waals surface area contributed by atoms with Crippen molar-refractivity contribution in [2.45, 2.75) is 44.0 Å². The van der Waals surface area contributed by atoms with Crippen molar-refractivity contribution in [1.82, 2.24) is 24.6 Å². The maximum atomic E-state index is 15.5. The molecule has 4 N–H and O–H groups in total. The third-order valence-corrected chi connectivity index (χ3v) is 5.68. The maximum absolute atomic E-state index is 15.5. The maximum Gasteiger partial charge on any atom is 0.613 e. The fourth-order valence-corrected chi connectivity index (χ4v) is 3.88. The monoisotopic (exact) mass is 444 g/mol. The predicted molar refractivity (Wildman–Crippen MR) is 106 cm³/mol. The molecule has 12 nitrogen and oxygen atoms in total. The number of nitrogens with one attached hydrogen (secondary N) is 1. The van der Waals surface area contributed by atoms with Crippen LogP contribution in [0.15, 0.2) is 6.33 Å². The lowest BCUT2D eigenvalue weighted by Crippen LogP contribution is -2.40. The molecule has 0 spiro atoms. The van der Waals surface area contributed by atoms with Gasteiger partial charge in [-0.05, 0) is 18.4 Å². The summed E-state index contributed by atoms with van der Waals surface area (Å²) in [6.45, 7) is 2.31. The summed E-state index contributed by atoms with van der Waals surface area (Å²) in [5.74, 6) is 0.418. The quantitative estimate of drug-likeness (QED) is 0.380. The molecule has 1 aliphatic rings. The van der Waals surface area contributed by atoms with Crippen LogP contribution in [-0.4, -0.2) is 75.5 Å². The summed E-state index contributed by atoms with van der Waals surface area (Å²) in [5.41, 5.74) is 4.17. The Morgan fingerprint density at radius 3 is 2.90 bits per heavy atom. The molecule has 0 saturated carbocycles. The van der Waals surface area contributed by atoms with Crippen molar-refractivity contribution in [2.75, 3.05) is 31.3 Å². The largest absolute Gasteiger partial charge is 0.613 e. The van der Waals surface area contributed by atoms with Gasteiger partial charge < -0.3 is 25.3 Å². The van der Waals surface area contributed by atoms with Crippen molar-refractivity contribution < 1.29 is 28.1 Å². The van der Waals surface area contributed by atoms with Crippen molar-refractivity contribution >= 4 is 37.4 Å². The van der Waals surface area contributed by atoms with Gasteiger partial charge in [-0.2, -0.15) is 9.97 Å². The van der Waals surface area contributed by atoms with E-state index in [4.69, 9.17) is 15.0 Å². The van der Waals surface area contributed by atoms with E-state index in [1.807, 2.05) is 0 Å². The number of aromatic nitrogens is 4. The van der Waals surface area contributed by atoms with Crippen molar-refractivity contribution in [1.29, 1.82) is 0 Å². The SMILES string of the molecule is C[C@@H](C=O)N[P+](=O)OCC1O[C@@H](n2cnc3c(N(C)C)nc(N)nc32)[C@](C)(F)[C@@H]1O. The molecule has 14 heteroatoms. The van der Waals surface area contributed by atoms with Gasteiger partial charge in [0.05, 0.1) is 6.33 Å². The van der Waals surface area contributed by atoms with E-state index in [0.29, 0.717) is 17.6 Å². The van der Waals surface area contributed by atoms with Crippen LogP contribution in [0, 0.1) is 0 Å². The number of rotatable bonds is 8. The lowest BCUT2D eigenvalue weighted by Gasteiger charge is -2.24. The normalized spacial score (nSPS) is 27.9. The number of anilines is 2. The molecular weight excluding hydrogens is 420 g/mol. The number of aldehydes is 1. The van der Waals surface area contributed by atoms with E-state index in [1.165, 1.54) is 24.7 Å². The van der Waals surface area contributed by atoms with Crippen molar-refractivity contribution in [3.8, 4) is 0 Å². The first-order chi connectivity index (χ1) is 14.1. The number of fused-ring (bicyclic) bond motifs is 1. The van der Waals surface area contributed by atoms with Crippen LogP contribution in [0.5, 0.6) is 0 Å². The first kappa shape index (κ1) is 22.4. The minimum atomic E-state index is -2.40. The number of aliphatic hydroxyl groups is 1. The Morgan fingerprint density at radius 2 is 2.27 bits per heavy atom. The Bertz CT molecular complexity index is 955. The molecule has 1 fully saturated rings. The minimum absolute atomic E-state index is 0.0284. The Kier molecular flexibility index (Phi) is 6.29. The molecule has 2 unspecified atom stereocenters. The van der Waals surface area contributed by atoms with Crippen LogP contribution < -0.4 is 15.7 Å². The number of hydrogen-bond donors (Lipinski definition) is 3. The van der Waals surface area contributed by atoms with Gasteiger partial charge in [0.25, 0.3) is 0 Å². The van der Waals surface area contributed by atoms with E-state index in [1.54, 1.807) is 19.0 Å². The zero-order chi connectivity index (χ0) is 22.2. The van der Waals surface area contributed by atoms with Crippen LogP contribution in [0.3, 0.4) is 0 Å². The van der Waals surface area contributed by atoms with Crippen molar-refractivity contribution in [3.05, 3.63) is 6.33 Å². The summed E-state index contributed by atoms with van der Waals surface area (Å²) < 4.78 is 39.4. The van der Waals surface area contributed by atoms with Crippen molar-refractivity contribution in [2.24, 2.45) is 0 Å². The van der Waals surface area contributed by atoms with Gasteiger partial charge in [0.1, 0.15) is 31.1 Å². The Labute approximate surface area is 172 Å². The second kappa shape index (κ2) is 8.44. The van der Waals surface area contributed by atoms with E-state index >= 15 is 4.39 Å². The van der Waals surface area contributed by atoms with E-state index in [-0.39, 0.29) is 18.2 Å². The van der Waals surface area contributed by atoms with Crippen LogP contribution in [-0.2, 0) is 18.6 Å². The van der Waals surface area contributed by atoms with E-state index < -0.39 is 38.3 Å². The smallest absolute Gasteiger partial charge is 0.387 e. The van der Waals surface area contributed by atoms with E-state index in [0.717, 1.165) is 0 Å². The van der Waals surface area contributed by atoms with Gasteiger partial charge in [0.15, 0.2) is 28.9 Å². The molecule has 30 heavy (non-hydrogen) atoms. The molecule has 3 rings (SSSR count). The molecule has 2 aromatic rings. The molecule has 164 valence electrons. The highest BCUT2D eigenvalue weighted by Gasteiger charge is 2.56. The van der Waals surface area contributed by atoms with Gasteiger partial charge in [0.2, 0.25) is 5.95 Å². The number of imidazole rings is 1. The Morgan fingerprint density at radius 1 is 1.57 bits per heavy atom. The van der Waals surface area contributed by atoms with Gasteiger partial charge in [-0.15, -0.1) is 4.52 Å². The summed E-state index contributed by atoms with van der Waals surface area (Å²) >= 11 is 0. The number of aliphatic hydroxyl groups excluding tert-OH is 1. The first-order valence-corrected chi connectivity index (χ1v) is 10.3. The lowest BCUT2D eigenvalue weighted by atomic mass is 9.98. The number of ether oxygens (including phenoxy) is 1. The molecule has 0 radical (unpaired) electrons. The first-order valence-electron chi connectivity index (χ1n) is 9.07. The molecule has 0 amide bonds. The van der Waals surface area contributed by atoms with Crippen molar-refractivity contribution in [3.63, 3.8) is 0 Å². The van der Waals surface area contributed by atoms with Gasteiger partial charge in [-0.25, -0.2) is 9.37 Å². The Hall–Kier alpha value is -2.31. The fourth-order valence-electron chi connectivity index (χ4n) is 3.13. The van der Waals surface area contributed by atoms with Crippen LogP contribution >= 0.6 is 8.18 Å². The minimum Gasteiger partial charge on any atom is -0.387 e. The number of carbonyl (C=O) groups is 1. The Balaban J connectivity index is 1.85. The standard InChI is InChI=1S/C16H24FN7O5P/c1-8(5-25)22-30(27)28-6-9-11(26)16(2,17)14(29-9)24-7-19-10-12(23(3)4)20-15(18)21-13(10)24/h5,7-9,11,14,26H,6H2,1-4H3,(H,22,27)(H2,18,20,21)/q+1/t8-,9?,11+,14+,16+/m0/s1. The fraction of sp³-hybridized carbons (Fsp3) is 0.625. The van der Waals surface area contributed by atoms with Gasteiger partial charge in [-0.3, -0.25) is 4.57 Å². The summed E-state index contributed by atoms with van der Waals surface area (Å²) in [6.07, 6.45) is -2.11.